The van der Waals surface area contributed by atoms with Crippen LogP contribution in [-0.2, 0) is 56.3 Å². The van der Waals surface area contributed by atoms with Gasteiger partial charge in [-0.3, -0.25) is 47.1 Å². The van der Waals surface area contributed by atoms with Crippen LogP contribution >= 0.6 is 47.1 Å². The van der Waals surface area contributed by atoms with Crippen molar-refractivity contribution in [1.82, 2.24) is 43.7 Å². The molecule has 3 aliphatic heterocycles. The number of H-pyrrole nitrogens is 3. The predicted octanol–water partition coefficient (Wildman–Crippen LogP) is 14.4. The number of methoxy groups -OCH3 is 2. The highest BCUT2D eigenvalue weighted by molar-refractivity contribution is 7.54. The molecular weight excluding hydrogens is 1600 g/mol. The first-order valence-corrected chi connectivity index (χ1v) is 42.4. The molecule has 1 amide bonds. The number of fused-ring (bicyclic) bond motifs is 1. The third kappa shape index (κ3) is 19.3. The third-order valence-corrected chi connectivity index (χ3v) is 25.9. The zero-order chi connectivity index (χ0) is 82.0. The van der Waals surface area contributed by atoms with Crippen molar-refractivity contribution in [1.29, 1.82) is 5.26 Å². The van der Waals surface area contributed by atoms with Gasteiger partial charge >= 0.3 is 26.8 Å². The molecule has 6 aromatic carbocycles. The maximum absolute atomic E-state index is 16.6. The van der Waals surface area contributed by atoms with Crippen molar-refractivity contribution in [3.63, 3.8) is 0 Å². The Morgan fingerprint density at radius 1 is 0.681 bits per heavy atom. The molecule has 4 aromatic heterocycles. The van der Waals surface area contributed by atoms with Gasteiger partial charge in [0.15, 0.2) is 17.0 Å². The highest BCUT2D eigenvalue weighted by atomic mass is 35.5. The SMILES string of the molecule is COc1ccc(C(OC[C@H]2O[C@@H](n3cnc4c(NC(=O)c5ccccc5)ncnc43)C[C@@H]2OP(=O)(OC[C@H]2O[C@@H](n3cc(C)c(=O)[nH]c3=O)C[C@@H]2OP(=O)(CC[C@H]2O[C@@H](c3[nH]c(=O)[nH]c(=O)c3C)C[C@@H]2OP(OCCC#N)N(C(C)C)C(C)C)Oc2ccccc2Cl)Oc2ccccc2Cl)(c2ccccc2)c2ccc(OC)cc2)cc1. The average Bonchev–Trinajstić information content (AvgIpc) is 1.39. The zero-order valence-electron chi connectivity index (χ0n) is 64.4. The van der Waals surface area contributed by atoms with Crippen molar-refractivity contribution < 1.29 is 74.0 Å². The lowest BCUT2D eigenvalue weighted by Gasteiger charge is -2.37. The van der Waals surface area contributed by atoms with Crippen LogP contribution in [-0.4, -0.2) is 139 Å². The highest BCUT2D eigenvalue weighted by Gasteiger charge is 2.51. The van der Waals surface area contributed by atoms with Gasteiger partial charge in [-0.1, -0.05) is 120 Å². The lowest BCUT2D eigenvalue weighted by molar-refractivity contribution is -0.0936. The summed E-state index contributed by atoms with van der Waals surface area (Å²) in [4.78, 5) is 87.8. The van der Waals surface area contributed by atoms with Crippen molar-refractivity contribution in [3.8, 4) is 29.1 Å². The summed E-state index contributed by atoms with van der Waals surface area (Å²) in [5, 5.41) is 12.5. The molecule has 0 spiro atoms. The largest absolute Gasteiger partial charge is 0.530 e. The van der Waals surface area contributed by atoms with Crippen LogP contribution in [0.3, 0.4) is 0 Å². The number of ether oxygens (including phenoxy) is 6. The summed E-state index contributed by atoms with van der Waals surface area (Å²) in [6, 6.07) is 47.0. The number of hydrogen-bond acceptors (Lipinski definition) is 25. The fourth-order valence-corrected chi connectivity index (χ4v) is 19.7. The highest BCUT2D eigenvalue weighted by Crippen LogP contribution is 2.59. The number of nitrogens with one attached hydrogen (secondary N) is 4. The summed E-state index contributed by atoms with van der Waals surface area (Å²) in [6.07, 6.45) is -7.87. The summed E-state index contributed by atoms with van der Waals surface area (Å²) < 4.78 is 124. The van der Waals surface area contributed by atoms with E-state index in [1.807, 2.05) is 111 Å². The number of phosphoric acid groups is 1. The van der Waals surface area contributed by atoms with E-state index < -0.39 is 126 Å². The minimum absolute atomic E-state index is 0.0121. The van der Waals surface area contributed by atoms with Crippen LogP contribution in [0.5, 0.6) is 23.0 Å². The monoisotopic (exact) mass is 1680 g/mol. The van der Waals surface area contributed by atoms with Crippen molar-refractivity contribution >= 4 is 70.0 Å². The molecule has 3 saturated heterocycles. The van der Waals surface area contributed by atoms with Gasteiger partial charge in [0, 0.05) is 54.2 Å². The Balaban J connectivity index is 0.878. The summed E-state index contributed by atoms with van der Waals surface area (Å²) in [5.41, 5.74) is -1.19. The number of carbonyl (C=O) groups is 1. The standard InChI is InChI=1S/C80H86Cl2N11O20P3/c1-48(2)93(49(3)4)114(104-38-19-37-83)109-63-40-66(71-51(6)76(95)89-78(97)87-71)106-62(63)36-39-115(99,110-60-26-17-15-24-58(60)81)111-64-41-69(91-43-50(5)75(94)90-79(91)98)108-68(64)45-105-116(100,112-61-27-18-16-25-59(61)82)113-65-42-70(92-47-86-72-73(84-46-85-74(72)92)88-77(96)52-20-11-9-12-21-52)107-67(65)44-103-80(53-22-13-10-14-23-53,54-28-32-56(101-7)33-29-54)55-30-34-57(102-8)35-31-55/h9-18,20-35,43,46-49,62-70H,19,36,38-42,44-45H2,1-8H3,(H,90,94,98)(H,84,85,88,96)(H2,87,89,95,97)/t62-,63+,64+,65+,66-,67-,68-,69-,70-,114?,115?,116?/m1/s1. The van der Waals surface area contributed by atoms with Crippen molar-refractivity contribution in [2.24, 2.45) is 0 Å². The number of rotatable bonds is 35. The maximum atomic E-state index is 16.6. The van der Waals surface area contributed by atoms with Gasteiger partial charge in [-0.05, 0) is 125 Å². The van der Waals surface area contributed by atoms with E-state index in [1.165, 1.54) is 57.0 Å². The number of imidazole rings is 1. The number of halogens is 2. The van der Waals surface area contributed by atoms with Crippen LogP contribution in [0.25, 0.3) is 11.2 Å². The number of para-hydroxylation sites is 2. The first-order valence-electron chi connectivity index (χ1n) is 37.3. The van der Waals surface area contributed by atoms with Gasteiger partial charge in [0.05, 0.1) is 87.0 Å². The van der Waals surface area contributed by atoms with Gasteiger partial charge in [0.1, 0.15) is 77.9 Å². The fraction of sp³-hybridized carbons (Fsp3) is 0.362. The molecule has 116 heavy (non-hydrogen) atoms. The predicted molar refractivity (Wildman–Crippen MR) is 430 cm³/mol. The molecule has 0 saturated carbocycles. The van der Waals surface area contributed by atoms with Crippen LogP contribution in [0, 0.1) is 25.2 Å². The molecule has 12 atom stereocenters. The molecule has 3 aliphatic rings. The molecule has 7 heterocycles. The number of carbonyl (C=O) groups excluding carboxylic acids is 1. The van der Waals surface area contributed by atoms with E-state index in [0.29, 0.717) is 33.8 Å². The molecule has 610 valence electrons. The molecule has 36 heteroatoms. The summed E-state index contributed by atoms with van der Waals surface area (Å²) in [7, 11) is -8.84. The number of phosphoric ester groups is 1. The number of aromatic amines is 3. The Morgan fingerprint density at radius 3 is 1.89 bits per heavy atom. The van der Waals surface area contributed by atoms with Crippen LogP contribution in [0.4, 0.5) is 5.82 Å². The van der Waals surface area contributed by atoms with Gasteiger partial charge in [-0.25, -0.2) is 38.3 Å². The second-order valence-electron chi connectivity index (χ2n) is 28.1. The molecule has 3 unspecified atom stereocenters. The number of hydrogen-bond donors (Lipinski definition) is 4. The third-order valence-electron chi connectivity index (χ3n) is 19.8. The normalized spacial score (nSPS) is 20.8. The minimum atomic E-state index is -5.26. The summed E-state index contributed by atoms with van der Waals surface area (Å²) in [5.74, 6) is 0.553. The van der Waals surface area contributed by atoms with Crippen molar-refractivity contribution in [2.45, 2.75) is 147 Å². The fourth-order valence-electron chi connectivity index (χ4n) is 14.2. The lowest BCUT2D eigenvalue weighted by atomic mass is 9.80. The summed E-state index contributed by atoms with van der Waals surface area (Å²) >= 11 is 13.7. The molecular formula is C80H86Cl2N11O20P3. The Kier molecular flexibility index (Phi) is 27.2. The number of nitrogens with zero attached hydrogens (tertiary/aromatic N) is 7. The Morgan fingerprint density at radius 2 is 1.27 bits per heavy atom. The molecule has 0 bridgehead atoms. The number of benzene rings is 6. The quantitative estimate of drug-likeness (QED) is 0.0163. The second kappa shape index (κ2) is 37.4. The number of anilines is 1. The molecule has 0 radical (unpaired) electrons. The minimum Gasteiger partial charge on any atom is -0.497 e. The van der Waals surface area contributed by atoms with Crippen LogP contribution < -0.4 is 46.3 Å². The Bertz CT molecular complexity index is 5430. The smallest absolute Gasteiger partial charge is 0.497 e. The van der Waals surface area contributed by atoms with E-state index in [9.17, 15) is 29.2 Å². The van der Waals surface area contributed by atoms with Gasteiger partial charge in [0.2, 0.25) is 0 Å². The maximum Gasteiger partial charge on any atom is 0.530 e. The van der Waals surface area contributed by atoms with E-state index in [-0.39, 0.29) is 113 Å². The van der Waals surface area contributed by atoms with Gasteiger partial charge < -0.3 is 56.8 Å². The first kappa shape index (κ1) is 84.4. The van der Waals surface area contributed by atoms with E-state index >= 15 is 9.13 Å². The van der Waals surface area contributed by atoms with Crippen molar-refractivity contribution in [3.05, 3.63) is 267 Å². The van der Waals surface area contributed by atoms with Gasteiger partial charge in [-0.15, -0.1) is 0 Å². The number of nitriles is 1. The van der Waals surface area contributed by atoms with Gasteiger partial charge in [-0.2, -0.15) is 5.26 Å². The second-order valence-corrected chi connectivity index (χ2v) is 34.0. The van der Waals surface area contributed by atoms with E-state index in [0.717, 1.165) is 4.57 Å². The Hall–Kier alpha value is -9.54. The van der Waals surface area contributed by atoms with E-state index in [2.05, 4.69) is 41.3 Å². The zero-order valence-corrected chi connectivity index (χ0v) is 68.5. The Labute approximate surface area is 677 Å². The van der Waals surface area contributed by atoms with Crippen LogP contribution in [0.2, 0.25) is 10.0 Å². The average molecular weight is 1690 g/mol. The molecule has 10 aromatic rings. The molecule has 0 aliphatic carbocycles. The van der Waals surface area contributed by atoms with Crippen LogP contribution in [0.15, 0.2) is 196 Å². The topological polar surface area (TPSA) is 374 Å². The molecule has 31 nitrogen and oxygen atoms in total. The van der Waals surface area contributed by atoms with Gasteiger partial charge in [0.25, 0.3) is 25.6 Å². The molecule has 4 N–H and O–H groups in total. The van der Waals surface area contributed by atoms with E-state index in [1.54, 1.807) is 73.4 Å². The number of amides is 1. The lowest BCUT2D eigenvalue weighted by Crippen LogP contribution is -2.38. The molecule has 3 fully saturated rings. The number of aromatic nitrogens is 8. The van der Waals surface area contributed by atoms with E-state index in [4.69, 9.17) is 83.3 Å². The first-order chi connectivity index (χ1) is 55.8. The van der Waals surface area contributed by atoms with Crippen LogP contribution in [0.1, 0.15) is 122 Å². The summed E-state index contributed by atoms with van der Waals surface area (Å²) in [6.45, 7) is 9.77. The number of aryl methyl sites for hydroxylation is 1. The molecule has 13 rings (SSSR count). The van der Waals surface area contributed by atoms with Crippen molar-refractivity contribution in [2.75, 3.05) is 45.5 Å².